The topological polar surface area (TPSA) is 84.5 Å². The van der Waals surface area contributed by atoms with Crippen LogP contribution in [0, 0.1) is 0 Å². The number of hydrogen-bond donors (Lipinski definition) is 2. The van der Waals surface area contributed by atoms with Crippen molar-refractivity contribution in [2.75, 3.05) is 25.7 Å². The first-order valence-electron chi connectivity index (χ1n) is 4.75. The Balaban J connectivity index is 3.19. The molecule has 0 unspecified atom stereocenters. The molecule has 0 aliphatic carbocycles. The summed E-state index contributed by atoms with van der Waals surface area (Å²) in [6, 6.07) is 3.97. The minimum absolute atomic E-state index is 0.0360. The lowest BCUT2D eigenvalue weighted by Crippen LogP contribution is -2.24. The van der Waals surface area contributed by atoms with Crippen LogP contribution < -0.4 is 15.4 Å². The van der Waals surface area contributed by atoms with Gasteiger partial charge in [0.25, 0.3) is 0 Å². The molecule has 94 valence electrons. The number of anilines is 1. The van der Waals surface area contributed by atoms with Gasteiger partial charge in [0.05, 0.1) is 7.11 Å². The van der Waals surface area contributed by atoms with Crippen LogP contribution in [0.2, 0.25) is 0 Å². The zero-order valence-electron chi connectivity index (χ0n) is 9.77. The van der Waals surface area contributed by atoms with E-state index < -0.39 is 15.9 Å². The number of carbonyl (C=O) groups is 1. The molecule has 0 spiro atoms. The Kier molecular flexibility index (Phi) is 3.95. The number of rotatable bonds is 3. The molecular formula is C10H14N2O4S. The maximum atomic E-state index is 11.5. The Morgan fingerprint density at radius 1 is 1.35 bits per heavy atom. The highest BCUT2D eigenvalue weighted by molar-refractivity contribution is 7.90. The van der Waals surface area contributed by atoms with E-state index in [1.165, 1.54) is 26.3 Å². The van der Waals surface area contributed by atoms with Crippen LogP contribution in [-0.2, 0) is 9.84 Å². The first kappa shape index (κ1) is 13.3. The SMILES string of the molecule is CNC(=O)Nc1ccc(OC)c(S(C)(=O)=O)c1. The molecular weight excluding hydrogens is 244 g/mol. The van der Waals surface area contributed by atoms with Gasteiger partial charge >= 0.3 is 6.03 Å². The molecule has 1 aromatic carbocycles. The quantitative estimate of drug-likeness (QED) is 0.841. The normalized spacial score (nSPS) is 10.8. The van der Waals surface area contributed by atoms with Gasteiger partial charge in [-0.3, -0.25) is 0 Å². The summed E-state index contributed by atoms with van der Waals surface area (Å²) in [6.45, 7) is 0. The monoisotopic (exact) mass is 258 g/mol. The standard InChI is InChI=1S/C10H14N2O4S/c1-11-10(13)12-7-4-5-8(16-2)9(6-7)17(3,14)15/h4-6H,1-3H3,(H2,11,12,13). The van der Waals surface area contributed by atoms with Crippen molar-refractivity contribution >= 4 is 21.6 Å². The molecule has 6 nitrogen and oxygen atoms in total. The van der Waals surface area contributed by atoms with E-state index in [1.54, 1.807) is 6.07 Å². The molecule has 0 atom stereocenters. The van der Waals surface area contributed by atoms with Crippen molar-refractivity contribution in [2.45, 2.75) is 4.90 Å². The lowest BCUT2D eigenvalue weighted by atomic mass is 10.3. The van der Waals surface area contributed by atoms with E-state index in [-0.39, 0.29) is 10.6 Å². The fourth-order valence-corrected chi connectivity index (χ4v) is 2.10. The highest BCUT2D eigenvalue weighted by Gasteiger charge is 2.15. The van der Waals surface area contributed by atoms with Crippen LogP contribution in [0.5, 0.6) is 5.75 Å². The average molecular weight is 258 g/mol. The number of sulfone groups is 1. The van der Waals surface area contributed by atoms with Crippen LogP contribution >= 0.6 is 0 Å². The van der Waals surface area contributed by atoms with Crippen LogP contribution in [0.3, 0.4) is 0 Å². The van der Waals surface area contributed by atoms with E-state index in [9.17, 15) is 13.2 Å². The smallest absolute Gasteiger partial charge is 0.318 e. The van der Waals surface area contributed by atoms with Gasteiger partial charge in [0.1, 0.15) is 10.6 Å². The molecule has 17 heavy (non-hydrogen) atoms. The Bertz CT molecular complexity index is 525. The zero-order chi connectivity index (χ0) is 13.1. The molecule has 0 fully saturated rings. The molecule has 0 saturated heterocycles. The van der Waals surface area contributed by atoms with Crippen LogP contribution in [0.25, 0.3) is 0 Å². The summed E-state index contributed by atoms with van der Waals surface area (Å²) in [4.78, 5) is 11.1. The maximum absolute atomic E-state index is 11.5. The van der Waals surface area contributed by atoms with Crippen LogP contribution in [0.15, 0.2) is 23.1 Å². The lowest BCUT2D eigenvalue weighted by molar-refractivity contribution is 0.254. The zero-order valence-corrected chi connectivity index (χ0v) is 10.6. The van der Waals surface area contributed by atoms with E-state index in [2.05, 4.69) is 10.6 Å². The predicted octanol–water partition coefficient (Wildman–Crippen LogP) is 0.850. The Hall–Kier alpha value is -1.76. The van der Waals surface area contributed by atoms with Gasteiger partial charge in [-0.1, -0.05) is 0 Å². The molecule has 0 aliphatic heterocycles. The van der Waals surface area contributed by atoms with Crippen molar-refractivity contribution in [2.24, 2.45) is 0 Å². The van der Waals surface area contributed by atoms with E-state index in [4.69, 9.17) is 4.74 Å². The van der Waals surface area contributed by atoms with Crippen molar-refractivity contribution in [1.29, 1.82) is 0 Å². The molecule has 0 saturated carbocycles. The van der Waals surface area contributed by atoms with Crippen LogP contribution in [-0.4, -0.2) is 34.9 Å². The molecule has 7 heteroatoms. The number of carbonyl (C=O) groups excluding carboxylic acids is 1. The van der Waals surface area contributed by atoms with Gasteiger partial charge in [0, 0.05) is 19.0 Å². The van der Waals surface area contributed by atoms with E-state index in [0.717, 1.165) is 6.26 Å². The predicted molar refractivity (Wildman–Crippen MR) is 64.2 cm³/mol. The number of ether oxygens (including phenoxy) is 1. The molecule has 0 aliphatic rings. The van der Waals surface area contributed by atoms with Gasteiger partial charge in [-0.05, 0) is 18.2 Å². The van der Waals surface area contributed by atoms with Gasteiger partial charge in [-0.25, -0.2) is 13.2 Å². The van der Waals surface area contributed by atoms with Gasteiger partial charge in [-0.2, -0.15) is 0 Å². The first-order chi connectivity index (χ1) is 7.88. The van der Waals surface area contributed by atoms with Crippen LogP contribution in [0.4, 0.5) is 10.5 Å². The van der Waals surface area contributed by atoms with Gasteiger partial charge < -0.3 is 15.4 Å². The van der Waals surface area contributed by atoms with Crippen molar-refractivity contribution in [3.8, 4) is 5.75 Å². The lowest BCUT2D eigenvalue weighted by Gasteiger charge is -2.10. The van der Waals surface area contributed by atoms with Gasteiger partial charge in [-0.15, -0.1) is 0 Å². The molecule has 0 aromatic heterocycles. The minimum atomic E-state index is -3.41. The van der Waals surface area contributed by atoms with Crippen molar-refractivity contribution in [3.05, 3.63) is 18.2 Å². The van der Waals surface area contributed by atoms with E-state index in [1.807, 2.05) is 0 Å². The largest absolute Gasteiger partial charge is 0.495 e. The molecule has 0 heterocycles. The molecule has 0 bridgehead atoms. The third kappa shape index (κ3) is 3.35. The van der Waals surface area contributed by atoms with Crippen molar-refractivity contribution in [1.82, 2.24) is 5.32 Å². The maximum Gasteiger partial charge on any atom is 0.318 e. The number of nitrogens with one attached hydrogen (secondary N) is 2. The number of benzene rings is 1. The second-order valence-electron chi connectivity index (χ2n) is 3.34. The highest BCUT2D eigenvalue weighted by atomic mass is 32.2. The average Bonchev–Trinajstić information content (AvgIpc) is 2.27. The second kappa shape index (κ2) is 5.05. The third-order valence-corrected chi connectivity index (χ3v) is 3.17. The molecule has 2 N–H and O–H groups in total. The highest BCUT2D eigenvalue weighted by Crippen LogP contribution is 2.26. The molecule has 2 amide bonds. The number of methoxy groups -OCH3 is 1. The first-order valence-corrected chi connectivity index (χ1v) is 6.64. The number of hydrogen-bond acceptors (Lipinski definition) is 4. The molecule has 1 rings (SSSR count). The summed E-state index contributed by atoms with van der Waals surface area (Å²) in [7, 11) is -0.554. The van der Waals surface area contributed by atoms with Gasteiger partial charge in [0.15, 0.2) is 9.84 Å². The summed E-state index contributed by atoms with van der Waals surface area (Å²) in [6.07, 6.45) is 1.08. The minimum Gasteiger partial charge on any atom is -0.495 e. The Labute approximate surface area is 99.9 Å². The Morgan fingerprint density at radius 2 is 2.00 bits per heavy atom. The van der Waals surface area contributed by atoms with E-state index >= 15 is 0 Å². The number of urea groups is 1. The summed E-state index contributed by atoms with van der Waals surface area (Å²) >= 11 is 0. The Morgan fingerprint density at radius 3 is 2.47 bits per heavy atom. The van der Waals surface area contributed by atoms with Crippen molar-refractivity contribution in [3.63, 3.8) is 0 Å². The summed E-state index contributed by atoms with van der Waals surface area (Å²) in [5, 5.41) is 4.85. The summed E-state index contributed by atoms with van der Waals surface area (Å²) < 4.78 is 28.0. The molecule has 1 aromatic rings. The van der Waals surface area contributed by atoms with E-state index in [0.29, 0.717) is 5.69 Å². The third-order valence-electron chi connectivity index (χ3n) is 2.05. The fraction of sp³-hybridized carbons (Fsp3) is 0.300. The second-order valence-corrected chi connectivity index (χ2v) is 5.33. The fourth-order valence-electron chi connectivity index (χ4n) is 1.24. The van der Waals surface area contributed by atoms with Crippen molar-refractivity contribution < 1.29 is 17.9 Å². The summed E-state index contributed by atoms with van der Waals surface area (Å²) in [5.74, 6) is 0.245. The number of amides is 2. The van der Waals surface area contributed by atoms with Gasteiger partial charge in [0.2, 0.25) is 0 Å². The van der Waals surface area contributed by atoms with Crippen LogP contribution in [0.1, 0.15) is 0 Å². The summed E-state index contributed by atoms with van der Waals surface area (Å²) in [5.41, 5.74) is 0.380. The molecule has 0 radical (unpaired) electrons.